The molecule has 1 aliphatic heterocycles. The van der Waals surface area contributed by atoms with Crippen LogP contribution in [-0.4, -0.2) is 43.3 Å². The van der Waals surface area contributed by atoms with Crippen LogP contribution in [0.4, 0.5) is 4.39 Å². The number of nitrogens with zero attached hydrogens (tertiary/aromatic N) is 2. The predicted octanol–water partition coefficient (Wildman–Crippen LogP) is 4.08. The van der Waals surface area contributed by atoms with Crippen LogP contribution in [0.5, 0.6) is 0 Å². The van der Waals surface area contributed by atoms with Gasteiger partial charge in [-0.15, -0.1) is 0 Å². The van der Waals surface area contributed by atoms with E-state index in [1.165, 1.54) is 18.2 Å². The number of sulfonamides is 1. The number of hydrogen-bond acceptors (Lipinski definition) is 4. The predicted molar refractivity (Wildman–Crippen MR) is 121 cm³/mol. The van der Waals surface area contributed by atoms with Gasteiger partial charge in [0.1, 0.15) is 5.82 Å². The highest BCUT2D eigenvalue weighted by molar-refractivity contribution is 7.89. The Balaban J connectivity index is 1.58. The van der Waals surface area contributed by atoms with Crippen LogP contribution in [0.25, 0.3) is 10.9 Å². The quantitative estimate of drug-likeness (QED) is 0.629. The third-order valence-corrected chi connectivity index (χ3v) is 7.21. The number of halogens is 1. The van der Waals surface area contributed by atoms with E-state index in [0.29, 0.717) is 24.9 Å². The summed E-state index contributed by atoms with van der Waals surface area (Å²) in [6.07, 6.45) is 1.27. The molecule has 0 spiro atoms. The molecular weight excluding hydrogens is 429 g/mol. The van der Waals surface area contributed by atoms with Crippen molar-refractivity contribution in [1.29, 1.82) is 0 Å². The molecule has 1 atom stereocenters. The number of fused-ring (bicyclic) bond motifs is 1. The Bertz CT molecular complexity index is 1260. The Kier molecular flexibility index (Phi) is 6.26. The number of para-hydroxylation sites is 1. The number of nitrogens with one attached hydrogen (secondary N) is 1. The van der Waals surface area contributed by atoms with Gasteiger partial charge >= 0.3 is 0 Å². The van der Waals surface area contributed by atoms with Crippen molar-refractivity contribution in [1.82, 2.24) is 14.6 Å². The molecule has 2 heterocycles. The van der Waals surface area contributed by atoms with Gasteiger partial charge in [-0.25, -0.2) is 17.5 Å². The number of amides is 1. The zero-order valence-electron chi connectivity index (χ0n) is 18.1. The molecule has 1 aliphatic rings. The van der Waals surface area contributed by atoms with Crippen LogP contribution < -0.4 is 4.72 Å². The fourth-order valence-corrected chi connectivity index (χ4v) is 5.31. The van der Waals surface area contributed by atoms with Crippen molar-refractivity contribution in [3.8, 4) is 0 Å². The number of piperidine rings is 1. The Morgan fingerprint density at radius 2 is 1.94 bits per heavy atom. The van der Waals surface area contributed by atoms with E-state index >= 15 is 0 Å². The number of pyridine rings is 1. The van der Waals surface area contributed by atoms with E-state index in [1.807, 2.05) is 44.2 Å². The van der Waals surface area contributed by atoms with Crippen molar-refractivity contribution in [2.75, 3.05) is 13.1 Å². The smallest absolute Gasteiger partial charge is 0.254 e. The van der Waals surface area contributed by atoms with Gasteiger partial charge in [-0.1, -0.05) is 38.1 Å². The number of carbonyl (C=O) groups excluding carboxylic acids is 1. The molecule has 3 aromatic rings. The summed E-state index contributed by atoms with van der Waals surface area (Å²) in [5.41, 5.74) is 2.18. The molecule has 6 nitrogen and oxygen atoms in total. The second-order valence-corrected chi connectivity index (χ2v) is 10.1. The molecule has 0 aliphatic carbocycles. The summed E-state index contributed by atoms with van der Waals surface area (Å²) in [5, 5.41) is 0.782. The van der Waals surface area contributed by atoms with Crippen molar-refractivity contribution in [3.05, 3.63) is 71.7 Å². The minimum Gasteiger partial charge on any atom is -0.337 e. The first-order valence-corrected chi connectivity index (χ1v) is 12.2. The second-order valence-electron chi connectivity index (χ2n) is 8.44. The van der Waals surface area contributed by atoms with E-state index < -0.39 is 21.9 Å². The molecule has 0 saturated carbocycles. The van der Waals surface area contributed by atoms with Crippen LogP contribution in [0.15, 0.2) is 59.5 Å². The van der Waals surface area contributed by atoms with Gasteiger partial charge < -0.3 is 4.90 Å². The average molecular weight is 456 g/mol. The fraction of sp³-hybridized carbons (Fsp3) is 0.333. The van der Waals surface area contributed by atoms with Crippen molar-refractivity contribution >= 4 is 26.8 Å². The summed E-state index contributed by atoms with van der Waals surface area (Å²) in [6, 6.07) is 13.9. The van der Waals surface area contributed by atoms with Crippen LogP contribution >= 0.6 is 0 Å². The lowest BCUT2D eigenvalue weighted by Gasteiger charge is -2.33. The lowest BCUT2D eigenvalue weighted by Crippen LogP contribution is -2.49. The number of hydrogen-bond donors (Lipinski definition) is 1. The maximum absolute atomic E-state index is 13.5. The van der Waals surface area contributed by atoms with Gasteiger partial charge in [0.2, 0.25) is 10.0 Å². The average Bonchev–Trinajstić information content (AvgIpc) is 2.77. The Labute approximate surface area is 187 Å². The van der Waals surface area contributed by atoms with Crippen LogP contribution in [0.2, 0.25) is 0 Å². The molecule has 4 rings (SSSR count). The number of carbonyl (C=O) groups is 1. The lowest BCUT2D eigenvalue weighted by molar-refractivity contribution is 0.0705. The van der Waals surface area contributed by atoms with Gasteiger partial charge in [-0.2, -0.15) is 0 Å². The number of rotatable bonds is 5. The van der Waals surface area contributed by atoms with E-state index in [-0.39, 0.29) is 23.3 Å². The molecular formula is C24H26FN3O3S. The molecule has 1 amide bonds. The van der Waals surface area contributed by atoms with Crippen molar-refractivity contribution in [3.63, 3.8) is 0 Å². The van der Waals surface area contributed by atoms with Crippen molar-refractivity contribution < 1.29 is 17.6 Å². The number of aromatic nitrogens is 1. The van der Waals surface area contributed by atoms with Gasteiger partial charge in [0.15, 0.2) is 0 Å². The molecule has 1 N–H and O–H groups in total. The maximum Gasteiger partial charge on any atom is 0.254 e. The van der Waals surface area contributed by atoms with Crippen LogP contribution in [0, 0.1) is 5.82 Å². The lowest BCUT2D eigenvalue weighted by atomic mass is 10.00. The van der Waals surface area contributed by atoms with Gasteiger partial charge in [0.05, 0.1) is 16.0 Å². The minimum absolute atomic E-state index is 0.123. The van der Waals surface area contributed by atoms with E-state index in [0.717, 1.165) is 22.7 Å². The molecule has 168 valence electrons. The summed E-state index contributed by atoms with van der Waals surface area (Å²) in [6.45, 7) is 4.86. The highest BCUT2D eigenvalue weighted by atomic mass is 32.2. The number of benzene rings is 2. The van der Waals surface area contributed by atoms with E-state index in [9.17, 15) is 17.6 Å². The Hall–Kier alpha value is -2.84. The summed E-state index contributed by atoms with van der Waals surface area (Å²) in [7, 11) is -3.89. The normalized spacial score (nSPS) is 17.1. The molecule has 0 bridgehead atoms. The summed E-state index contributed by atoms with van der Waals surface area (Å²) >= 11 is 0. The summed E-state index contributed by atoms with van der Waals surface area (Å²) < 4.78 is 41.5. The molecule has 8 heteroatoms. The first-order valence-electron chi connectivity index (χ1n) is 10.7. The van der Waals surface area contributed by atoms with Gasteiger partial charge in [0.25, 0.3) is 5.91 Å². The first kappa shape index (κ1) is 22.4. The molecule has 1 saturated heterocycles. The summed E-state index contributed by atoms with van der Waals surface area (Å²) in [5.74, 6) is -0.586. The van der Waals surface area contributed by atoms with E-state index in [2.05, 4.69) is 9.71 Å². The van der Waals surface area contributed by atoms with Crippen LogP contribution in [-0.2, 0) is 10.0 Å². The van der Waals surface area contributed by atoms with Gasteiger partial charge in [0, 0.05) is 30.2 Å². The third-order valence-electron chi connectivity index (χ3n) is 5.69. The standard InChI is InChI=1S/C24H26FN3O3S/c1-16(2)23-14-21(20-10-3-4-11-22(20)26-23)24(29)28-12-6-8-18(15-28)27-32(30,31)19-9-5-7-17(25)13-19/h3-5,7,9-11,13-14,16,18,27H,6,8,12,15H2,1-2H3. The van der Waals surface area contributed by atoms with Gasteiger partial charge in [-0.3, -0.25) is 9.78 Å². The first-order chi connectivity index (χ1) is 15.2. The Morgan fingerprint density at radius 1 is 1.16 bits per heavy atom. The van der Waals surface area contributed by atoms with E-state index in [1.54, 1.807) is 4.90 Å². The zero-order chi connectivity index (χ0) is 22.9. The molecule has 0 radical (unpaired) electrons. The van der Waals surface area contributed by atoms with Gasteiger partial charge in [-0.05, 0) is 49.1 Å². The fourth-order valence-electron chi connectivity index (χ4n) is 4.02. The number of likely N-dealkylation sites (tertiary alicyclic amines) is 1. The third kappa shape index (κ3) is 4.66. The molecule has 1 unspecified atom stereocenters. The monoisotopic (exact) mass is 455 g/mol. The molecule has 1 fully saturated rings. The summed E-state index contributed by atoms with van der Waals surface area (Å²) in [4.78, 5) is 19.7. The zero-order valence-corrected chi connectivity index (χ0v) is 18.9. The van der Waals surface area contributed by atoms with E-state index in [4.69, 9.17) is 0 Å². The minimum atomic E-state index is -3.89. The molecule has 1 aromatic heterocycles. The highest BCUT2D eigenvalue weighted by Crippen LogP contribution is 2.25. The molecule has 2 aromatic carbocycles. The SMILES string of the molecule is CC(C)c1cc(C(=O)N2CCCC(NS(=O)(=O)c3cccc(F)c3)C2)c2ccccc2n1. The van der Waals surface area contributed by atoms with Crippen LogP contribution in [0.1, 0.15) is 48.7 Å². The van der Waals surface area contributed by atoms with Crippen molar-refractivity contribution in [2.24, 2.45) is 0 Å². The molecule has 32 heavy (non-hydrogen) atoms. The van der Waals surface area contributed by atoms with Crippen molar-refractivity contribution in [2.45, 2.75) is 43.5 Å². The highest BCUT2D eigenvalue weighted by Gasteiger charge is 2.29. The maximum atomic E-state index is 13.5. The van der Waals surface area contributed by atoms with Crippen LogP contribution in [0.3, 0.4) is 0 Å². The largest absolute Gasteiger partial charge is 0.337 e. The topological polar surface area (TPSA) is 79.4 Å². The second kappa shape index (κ2) is 8.96. The Morgan fingerprint density at radius 3 is 2.69 bits per heavy atom.